The van der Waals surface area contributed by atoms with Gasteiger partial charge < -0.3 is 10.6 Å². The molecule has 2 rings (SSSR count). The number of rotatable bonds is 3. The lowest BCUT2D eigenvalue weighted by Gasteiger charge is -2.37. The highest BCUT2D eigenvalue weighted by Crippen LogP contribution is 2.23. The van der Waals surface area contributed by atoms with E-state index in [-0.39, 0.29) is 17.8 Å². The van der Waals surface area contributed by atoms with Gasteiger partial charge in [-0.2, -0.15) is 0 Å². The van der Waals surface area contributed by atoms with Crippen LogP contribution in [0.2, 0.25) is 0 Å². The van der Waals surface area contributed by atoms with E-state index in [9.17, 15) is 10.1 Å². The van der Waals surface area contributed by atoms with Crippen LogP contribution in [-0.4, -0.2) is 33.5 Å². The lowest BCUT2D eigenvalue weighted by molar-refractivity contribution is -0.385. The van der Waals surface area contributed by atoms with Crippen molar-refractivity contribution in [3.63, 3.8) is 0 Å². The Bertz CT molecular complexity index is 420. The Hall–Kier alpha value is -1.76. The molecule has 1 aromatic rings. The van der Waals surface area contributed by atoms with Gasteiger partial charge in [0.05, 0.1) is 4.92 Å². The molecule has 1 aromatic heterocycles. The molecule has 0 amide bonds. The molecule has 2 N–H and O–H groups in total. The van der Waals surface area contributed by atoms with Crippen LogP contribution in [-0.2, 0) is 0 Å². The number of nitrogens with two attached hydrogens (primary N) is 1. The maximum absolute atomic E-state index is 10.6. The van der Waals surface area contributed by atoms with Crippen molar-refractivity contribution in [1.82, 2.24) is 9.97 Å². The van der Waals surface area contributed by atoms with E-state index in [1.54, 1.807) is 0 Å². The zero-order valence-electron chi connectivity index (χ0n) is 10.3. The van der Waals surface area contributed by atoms with E-state index in [1.807, 2.05) is 6.92 Å². The first kappa shape index (κ1) is 12.7. The smallest absolute Gasteiger partial charge is 0.305 e. The van der Waals surface area contributed by atoms with Gasteiger partial charge in [-0.05, 0) is 26.2 Å². The second-order valence-corrected chi connectivity index (χ2v) is 4.61. The van der Waals surface area contributed by atoms with Crippen molar-refractivity contribution >= 4 is 11.6 Å². The fraction of sp³-hybridized carbons (Fsp3) is 0.636. The second kappa shape index (κ2) is 5.26. The molecule has 0 saturated carbocycles. The van der Waals surface area contributed by atoms with Crippen LogP contribution in [0.4, 0.5) is 11.6 Å². The van der Waals surface area contributed by atoms with E-state index in [0.717, 1.165) is 25.8 Å². The standard InChI is InChI=1S/C11H17N5O2/c1-8(12)10-4-2-3-5-15(10)11-13-6-9(7-14-11)16(17)18/h6-8,10H,2-5,12H2,1H3. The molecule has 7 heteroatoms. The molecule has 7 nitrogen and oxygen atoms in total. The highest BCUT2D eigenvalue weighted by molar-refractivity contribution is 5.36. The van der Waals surface area contributed by atoms with Gasteiger partial charge in [-0.15, -0.1) is 0 Å². The summed E-state index contributed by atoms with van der Waals surface area (Å²) in [4.78, 5) is 20.3. The summed E-state index contributed by atoms with van der Waals surface area (Å²) in [6.07, 6.45) is 5.72. The number of nitro groups is 1. The van der Waals surface area contributed by atoms with Crippen LogP contribution in [0.5, 0.6) is 0 Å². The molecule has 0 bridgehead atoms. The highest BCUT2D eigenvalue weighted by atomic mass is 16.6. The Morgan fingerprint density at radius 3 is 2.72 bits per heavy atom. The van der Waals surface area contributed by atoms with E-state index in [4.69, 9.17) is 5.73 Å². The van der Waals surface area contributed by atoms with Crippen LogP contribution < -0.4 is 10.6 Å². The first-order chi connectivity index (χ1) is 8.59. The molecule has 18 heavy (non-hydrogen) atoms. The maximum atomic E-state index is 10.6. The molecule has 2 unspecified atom stereocenters. The van der Waals surface area contributed by atoms with Crippen LogP contribution in [0, 0.1) is 10.1 Å². The molecular weight excluding hydrogens is 234 g/mol. The van der Waals surface area contributed by atoms with Crippen molar-refractivity contribution in [3.05, 3.63) is 22.5 Å². The number of hydrogen-bond donors (Lipinski definition) is 1. The summed E-state index contributed by atoms with van der Waals surface area (Å²) in [6, 6.07) is 0.240. The van der Waals surface area contributed by atoms with Gasteiger partial charge in [-0.3, -0.25) is 10.1 Å². The van der Waals surface area contributed by atoms with Gasteiger partial charge in [0, 0.05) is 18.6 Å². The SMILES string of the molecule is CC(N)C1CCCCN1c1ncc([N+](=O)[O-])cn1. The van der Waals surface area contributed by atoms with Gasteiger partial charge in [0.15, 0.2) is 0 Å². The third-order valence-electron chi connectivity index (χ3n) is 3.25. The zero-order valence-corrected chi connectivity index (χ0v) is 10.3. The third-order valence-corrected chi connectivity index (χ3v) is 3.25. The molecule has 1 fully saturated rings. The largest absolute Gasteiger partial charge is 0.336 e. The molecular formula is C11H17N5O2. The van der Waals surface area contributed by atoms with Crippen LogP contribution in [0.3, 0.4) is 0 Å². The Balaban J connectivity index is 2.20. The maximum Gasteiger partial charge on any atom is 0.305 e. The molecule has 0 aromatic carbocycles. The lowest BCUT2D eigenvalue weighted by atomic mass is 9.97. The summed E-state index contributed by atoms with van der Waals surface area (Å²) in [5.41, 5.74) is 5.88. The van der Waals surface area contributed by atoms with Crippen LogP contribution in [0.25, 0.3) is 0 Å². The number of aromatic nitrogens is 2. The van der Waals surface area contributed by atoms with E-state index in [2.05, 4.69) is 14.9 Å². The fourth-order valence-corrected chi connectivity index (χ4v) is 2.31. The van der Waals surface area contributed by atoms with Crippen molar-refractivity contribution in [3.8, 4) is 0 Å². The number of piperidine rings is 1. The molecule has 1 saturated heterocycles. The normalized spacial score (nSPS) is 21.7. The van der Waals surface area contributed by atoms with Gasteiger partial charge in [-0.1, -0.05) is 0 Å². The van der Waals surface area contributed by atoms with Crippen molar-refractivity contribution in [2.45, 2.75) is 38.3 Å². The third kappa shape index (κ3) is 2.56. The van der Waals surface area contributed by atoms with Gasteiger partial charge in [0.2, 0.25) is 5.95 Å². The van der Waals surface area contributed by atoms with E-state index in [1.165, 1.54) is 12.4 Å². The molecule has 0 radical (unpaired) electrons. The average Bonchev–Trinajstić information content (AvgIpc) is 2.39. The molecule has 2 heterocycles. The summed E-state index contributed by atoms with van der Waals surface area (Å²) < 4.78 is 0. The molecule has 2 atom stereocenters. The van der Waals surface area contributed by atoms with Crippen molar-refractivity contribution in [2.75, 3.05) is 11.4 Å². The Morgan fingerprint density at radius 2 is 2.17 bits per heavy atom. The van der Waals surface area contributed by atoms with E-state index < -0.39 is 4.92 Å². The predicted molar refractivity (Wildman–Crippen MR) is 67.3 cm³/mol. The Kier molecular flexibility index (Phi) is 3.71. The quantitative estimate of drug-likeness (QED) is 0.637. The molecule has 0 spiro atoms. The highest BCUT2D eigenvalue weighted by Gasteiger charge is 2.27. The van der Waals surface area contributed by atoms with E-state index >= 15 is 0 Å². The first-order valence-electron chi connectivity index (χ1n) is 6.08. The van der Waals surface area contributed by atoms with Crippen LogP contribution in [0.15, 0.2) is 12.4 Å². The van der Waals surface area contributed by atoms with Gasteiger partial charge in [0.25, 0.3) is 0 Å². The summed E-state index contributed by atoms with van der Waals surface area (Å²) in [6.45, 7) is 2.82. The van der Waals surface area contributed by atoms with Crippen molar-refractivity contribution < 1.29 is 4.92 Å². The minimum Gasteiger partial charge on any atom is -0.336 e. The first-order valence-corrected chi connectivity index (χ1v) is 6.08. The molecule has 1 aliphatic rings. The molecule has 1 aliphatic heterocycles. The topological polar surface area (TPSA) is 98.2 Å². The summed E-state index contributed by atoms with van der Waals surface area (Å²) in [7, 11) is 0. The Morgan fingerprint density at radius 1 is 1.50 bits per heavy atom. The summed E-state index contributed by atoms with van der Waals surface area (Å²) in [5, 5.41) is 10.6. The lowest BCUT2D eigenvalue weighted by Crippen LogP contribution is -2.49. The van der Waals surface area contributed by atoms with Gasteiger partial charge in [-0.25, -0.2) is 9.97 Å². The summed E-state index contributed by atoms with van der Waals surface area (Å²) in [5.74, 6) is 0.530. The average molecular weight is 251 g/mol. The van der Waals surface area contributed by atoms with E-state index in [0.29, 0.717) is 5.95 Å². The minimum atomic E-state index is -0.497. The predicted octanol–water partition coefficient (Wildman–Crippen LogP) is 1.09. The Labute approximate surface area is 105 Å². The van der Waals surface area contributed by atoms with Crippen molar-refractivity contribution in [2.24, 2.45) is 5.73 Å². The second-order valence-electron chi connectivity index (χ2n) is 4.61. The van der Waals surface area contributed by atoms with Crippen molar-refractivity contribution in [1.29, 1.82) is 0 Å². The van der Waals surface area contributed by atoms with Gasteiger partial charge in [0.1, 0.15) is 12.4 Å². The monoisotopic (exact) mass is 251 g/mol. The van der Waals surface area contributed by atoms with Crippen LogP contribution >= 0.6 is 0 Å². The number of nitrogens with zero attached hydrogens (tertiary/aromatic N) is 4. The minimum absolute atomic E-state index is 0.0316. The number of anilines is 1. The molecule has 98 valence electrons. The zero-order chi connectivity index (χ0) is 13.1. The van der Waals surface area contributed by atoms with Crippen LogP contribution in [0.1, 0.15) is 26.2 Å². The number of hydrogen-bond acceptors (Lipinski definition) is 6. The fourth-order valence-electron chi connectivity index (χ4n) is 2.31. The van der Waals surface area contributed by atoms with Gasteiger partial charge >= 0.3 is 5.69 Å². The summed E-state index contributed by atoms with van der Waals surface area (Å²) >= 11 is 0. The molecule has 0 aliphatic carbocycles.